The third-order valence-electron chi connectivity index (χ3n) is 12.4. The summed E-state index contributed by atoms with van der Waals surface area (Å²) in [7, 11) is 4.25. The van der Waals surface area contributed by atoms with E-state index in [4.69, 9.17) is 18.9 Å². The maximum absolute atomic E-state index is 6.42. The van der Waals surface area contributed by atoms with Gasteiger partial charge in [-0.05, 0) is 130 Å². The van der Waals surface area contributed by atoms with Crippen LogP contribution in [-0.4, -0.2) is 77.4 Å². The quantitative estimate of drug-likeness (QED) is 0.0449. The van der Waals surface area contributed by atoms with Crippen molar-refractivity contribution >= 4 is 0 Å². The normalized spacial score (nSPS) is 13.5. The Bertz CT molecular complexity index is 1110. The van der Waals surface area contributed by atoms with Gasteiger partial charge in [-0.2, -0.15) is 0 Å². The first-order chi connectivity index (χ1) is 33.1. The molecule has 0 radical (unpaired) electrons. The second kappa shape index (κ2) is 58.6. The molecule has 2 unspecified atom stereocenters. The Labute approximate surface area is 419 Å². The summed E-state index contributed by atoms with van der Waals surface area (Å²) >= 11 is 0. The van der Waals surface area contributed by atoms with Gasteiger partial charge >= 0.3 is 0 Å². The molecule has 2 atom stereocenters. The van der Waals surface area contributed by atoms with Crippen molar-refractivity contribution in [3.8, 4) is 0 Å². The van der Waals surface area contributed by atoms with Crippen molar-refractivity contribution in [3.05, 3.63) is 72.9 Å². The van der Waals surface area contributed by atoms with Gasteiger partial charge in [0, 0.05) is 26.4 Å². The van der Waals surface area contributed by atoms with Crippen LogP contribution in [0.5, 0.6) is 0 Å². The third kappa shape index (κ3) is 56.7. The number of rotatable bonds is 55. The molecule has 0 aliphatic rings. The van der Waals surface area contributed by atoms with E-state index in [9.17, 15) is 0 Å². The summed E-state index contributed by atoms with van der Waals surface area (Å²) in [5.74, 6) is 0. The van der Waals surface area contributed by atoms with Crippen LogP contribution < -0.4 is 0 Å². The highest BCUT2D eigenvalue weighted by molar-refractivity contribution is 4.94. The monoisotopic (exact) mass is 938 g/mol. The Hall–Kier alpha value is -1.76. The maximum atomic E-state index is 6.42. The average Bonchev–Trinajstić information content (AvgIpc) is 3.32. The first-order valence-corrected chi connectivity index (χ1v) is 29.1. The van der Waals surface area contributed by atoms with Crippen LogP contribution in [0.3, 0.4) is 0 Å². The van der Waals surface area contributed by atoms with Gasteiger partial charge in [0.1, 0.15) is 6.10 Å². The van der Waals surface area contributed by atoms with Crippen LogP contribution >= 0.6 is 0 Å². The molecule has 0 aromatic rings. The lowest BCUT2D eigenvalue weighted by molar-refractivity contribution is -0.0846. The van der Waals surface area contributed by atoms with E-state index in [2.05, 4.69) is 113 Å². The lowest BCUT2D eigenvalue weighted by Crippen LogP contribution is -2.34. The summed E-state index contributed by atoms with van der Waals surface area (Å²) in [5, 5.41) is 0. The van der Waals surface area contributed by atoms with E-state index in [0.29, 0.717) is 19.8 Å². The number of unbranched alkanes of at least 4 members (excludes halogenated alkanes) is 27. The van der Waals surface area contributed by atoms with Crippen LogP contribution in [0, 0.1) is 0 Å². The predicted molar refractivity (Wildman–Crippen MR) is 298 cm³/mol. The van der Waals surface area contributed by atoms with Gasteiger partial charge in [0.05, 0.1) is 25.9 Å². The van der Waals surface area contributed by atoms with E-state index in [1.165, 1.54) is 193 Å². The van der Waals surface area contributed by atoms with Crippen LogP contribution in [0.25, 0.3) is 0 Å². The molecule has 67 heavy (non-hydrogen) atoms. The van der Waals surface area contributed by atoms with E-state index in [-0.39, 0.29) is 12.2 Å². The fourth-order valence-electron chi connectivity index (χ4n) is 8.12. The van der Waals surface area contributed by atoms with Gasteiger partial charge in [-0.15, -0.1) is 0 Å². The van der Waals surface area contributed by atoms with E-state index < -0.39 is 0 Å². The molecule has 0 fully saturated rings. The number of nitrogens with zero attached hydrogens (tertiary/aromatic N) is 1. The zero-order valence-corrected chi connectivity index (χ0v) is 45.6. The van der Waals surface area contributed by atoms with Crippen molar-refractivity contribution in [2.45, 2.75) is 264 Å². The smallest absolute Gasteiger partial charge is 0.104 e. The van der Waals surface area contributed by atoms with Crippen LogP contribution in [0.2, 0.25) is 0 Å². The Kier molecular flexibility index (Phi) is 57.0. The van der Waals surface area contributed by atoms with Crippen molar-refractivity contribution in [1.29, 1.82) is 0 Å². The molecule has 0 aliphatic heterocycles. The topological polar surface area (TPSA) is 40.2 Å². The molecule has 0 rings (SSSR count). The van der Waals surface area contributed by atoms with Crippen molar-refractivity contribution in [1.82, 2.24) is 4.90 Å². The van der Waals surface area contributed by atoms with Crippen LogP contribution in [0.4, 0.5) is 0 Å². The van der Waals surface area contributed by atoms with E-state index in [0.717, 1.165) is 64.9 Å². The second-order valence-corrected chi connectivity index (χ2v) is 19.6. The van der Waals surface area contributed by atoms with Crippen LogP contribution in [-0.2, 0) is 18.9 Å². The number of hydrogen-bond acceptors (Lipinski definition) is 5. The Morgan fingerprint density at radius 1 is 0.299 bits per heavy atom. The molecule has 5 nitrogen and oxygen atoms in total. The number of hydrogen-bond donors (Lipinski definition) is 0. The highest BCUT2D eigenvalue weighted by Gasteiger charge is 2.15. The standard InChI is InChI=1S/C62H115NO4/c1-6-9-12-15-18-21-24-27-30-33-36-39-42-45-48-51-54-64-59-62(67-56-53-50-47-44-41-38-35-32-29-26-23-20-17-14-11-8-3)60-65-58-61(57-63(4)5)66-55-52-49-46-43-40-37-34-31-28-25-22-19-16-13-10-7-2/h18-23,27-32,61-62H,6-17,24-26,33-60H2,1-5H3. The molecule has 0 spiro atoms. The fraction of sp³-hybridized carbons (Fsp3) is 0.806. The lowest BCUT2D eigenvalue weighted by Gasteiger charge is -2.24. The van der Waals surface area contributed by atoms with Crippen molar-refractivity contribution in [2.24, 2.45) is 0 Å². The van der Waals surface area contributed by atoms with E-state index >= 15 is 0 Å². The average molecular weight is 939 g/mol. The minimum Gasteiger partial charge on any atom is -0.379 e. The van der Waals surface area contributed by atoms with Gasteiger partial charge in [-0.1, -0.05) is 209 Å². The fourth-order valence-corrected chi connectivity index (χ4v) is 8.12. The van der Waals surface area contributed by atoms with Gasteiger partial charge in [-0.25, -0.2) is 0 Å². The van der Waals surface area contributed by atoms with Gasteiger partial charge in [0.25, 0.3) is 0 Å². The predicted octanol–water partition coefficient (Wildman–Crippen LogP) is 18.8. The van der Waals surface area contributed by atoms with Gasteiger partial charge < -0.3 is 23.8 Å². The summed E-state index contributed by atoms with van der Waals surface area (Å²) in [5.41, 5.74) is 0. The van der Waals surface area contributed by atoms with E-state index in [1.54, 1.807) is 0 Å². The number of likely N-dealkylation sites (N-methyl/N-ethyl adjacent to an activating group) is 1. The molecular weight excluding hydrogens is 823 g/mol. The summed E-state index contributed by atoms with van der Waals surface area (Å²) in [6.07, 6.45) is 73.5. The zero-order valence-electron chi connectivity index (χ0n) is 45.6. The number of allylic oxidation sites excluding steroid dienone is 12. The second-order valence-electron chi connectivity index (χ2n) is 19.6. The number of ether oxygens (including phenoxy) is 4. The molecular formula is C62H115NO4. The molecule has 392 valence electrons. The minimum absolute atomic E-state index is 0.0322. The van der Waals surface area contributed by atoms with E-state index in [1.807, 2.05) is 0 Å². The minimum atomic E-state index is -0.0322. The van der Waals surface area contributed by atoms with Crippen molar-refractivity contribution in [3.63, 3.8) is 0 Å². The van der Waals surface area contributed by atoms with Gasteiger partial charge in [-0.3, -0.25) is 0 Å². The summed E-state index contributed by atoms with van der Waals surface area (Å²) in [6, 6.07) is 0. The molecule has 0 N–H and O–H groups in total. The Morgan fingerprint density at radius 2 is 0.582 bits per heavy atom. The SMILES string of the molecule is CCCCCC=CCC=CCCCCCCCCOCC(COCC(CN(C)C)OCCCCCCCCC=CCC=CCCCCC)OCCCCCCCCC=CCC=CCCCCC. The molecule has 0 aromatic heterocycles. The van der Waals surface area contributed by atoms with Gasteiger partial charge in [0.15, 0.2) is 0 Å². The van der Waals surface area contributed by atoms with Crippen molar-refractivity contribution in [2.75, 3.05) is 60.3 Å². The molecule has 0 bridgehead atoms. The van der Waals surface area contributed by atoms with Crippen molar-refractivity contribution < 1.29 is 18.9 Å². The highest BCUT2D eigenvalue weighted by Crippen LogP contribution is 2.13. The van der Waals surface area contributed by atoms with Gasteiger partial charge in [0.2, 0.25) is 0 Å². The maximum Gasteiger partial charge on any atom is 0.104 e. The molecule has 0 saturated heterocycles. The molecule has 0 aromatic carbocycles. The first-order valence-electron chi connectivity index (χ1n) is 29.1. The summed E-state index contributed by atoms with van der Waals surface area (Å²) in [4.78, 5) is 2.21. The van der Waals surface area contributed by atoms with Crippen LogP contribution in [0.1, 0.15) is 252 Å². The highest BCUT2D eigenvalue weighted by atomic mass is 16.6. The Balaban J connectivity index is 4.46. The third-order valence-corrected chi connectivity index (χ3v) is 12.4. The summed E-state index contributed by atoms with van der Waals surface area (Å²) < 4.78 is 25.4. The lowest BCUT2D eigenvalue weighted by atomic mass is 10.1. The molecule has 5 heteroatoms. The molecule has 0 saturated carbocycles. The van der Waals surface area contributed by atoms with Crippen LogP contribution in [0.15, 0.2) is 72.9 Å². The molecule has 0 aliphatic carbocycles. The summed E-state index contributed by atoms with van der Waals surface area (Å²) in [6.45, 7) is 11.8. The molecule has 0 heterocycles. The first kappa shape index (κ1) is 65.2. The largest absolute Gasteiger partial charge is 0.379 e. The Morgan fingerprint density at radius 3 is 0.940 bits per heavy atom. The zero-order chi connectivity index (χ0) is 48.5. The molecule has 0 amide bonds.